The molecule has 2 aliphatic rings. The van der Waals surface area contributed by atoms with E-state index in [4.69, 9.17) is 4.74 Å². The molecule has 14 heteroatoms. The Morgan fingerprint density at radius 2 is 1.48 bits per heavy atom. The molecule has 7 rings (SSSR count). The van der Waals surface area contributed by atoms with Gasteiger partial charge in [0.05, 0.1) is 46.4 Å². The Kier molecular flexibility index (Phi) is 5.93. The van der Waals surface area contributed by atoms with Crippen molar-refractivity contribution in [2.45, 2.75) is 30.6 Å². The average Bonchev–Trinajstić information content (AvgIpc) is 3.60. The SMILES string of the molecule is O=C1c2c(c3c4cccc(O)c4n([C@@H]4O[C@H](CO)[C@@H](O)[C@H](O)[C@H]4O)c3c3[nH]c4c(O)cccc4c23)C(=O)N1NCCO. The number of carbonyl (C=O) groups excluding carboxylic acids is 2. The smallest absolute Gasteiger partial charge is 0.276 e. The van der Waals surface area contributed by atoms with Crippen molar-refractivity contribution in [1.82, 2.24) is 20.0 Å². The third kappa shape index (κ3) is 3.33. The number of hydrogen-bond acceptors (Lipinski definition) is 11. The first-order valence-electron chi connectivity index (χ1n) is 13.2. The molecule has 1 fully saturated rings. The third-order valence-corrected chi connectivity index (χ3v) is 8.14. The topological polar surface area (TPSA) is 221 Å². The van der Waals surface area contributed by atoms with Crippen molar-refractivity contribution >= 4 is 55.4 Å². The Hall–Kier alpha value is -4.28. The molecule has 0 bridgehead atoms. The van der Waals surface area contributed by atoms with Crippen LogP contribution < -0.4 is 5.43 Å². The molecule has 2 amide bonds. The van der Waals surface area contributed by atoms with Crippen LogP contribution in [0.4, 0.5) is 0 Å². The Morgan fingerprint density at radius 1 is 0.810 bits per heavy atom. The van der Waals surface area contributed by atoms with Crippen molar-refractivity contribution in [2.75, 3.05) is 19.8 Å². The van der Waals surface area contributed by atoms with Gasteiger partial charge in [0.15, 0.2) is 6.23 Å². The molecular weight excluding hydrogens is 552 g/mol. The van der Waals surface area contributed by atoms with E-state index < -0.39 is 49.1 Å². The molecule has 2 aliphatic heterocycles. The number of imide groups is 1. The molecule has 1 saturated heterocycles. The van der Waals surface area contributed by atoms with Gasteiger partial charge in [-0.3, -0.25) is 9.59 Å². The zero-order valence-electron chi connectivity index (χ0n) is 21.7. The standard InChI is InChI=1S/C28H26N4O10/c33-8-7-29-32-26(40)17-15-10-3-1-5-12(35)19(10)30-20(15)22-16(18(17)27(32)41)11-4-2-6-13(36)21(11)31(22)28-25(39)24(38)23(37)14(9-34)42-28/h1-6,14,23-25,28-30,33-39H,7-9H2/t14-,23-,24+,25-,28-/m1/s1. The lowest BCUT2D eigenvalue weighted by molar-refractivity contribution is -0.249. The molecule has 0 spiro atoms. The van der Waals surface area contributed by atoms with Crippen LogP contribution in [0.25, 0.3) is 43.6 Å². The number of ether oxygens (including phenoxy) is 1. The van der Waals surface area contributed by atoms with E-state index >= 15 is 0 Å². The van der Waals surface area contributed by atoms with Crippen molar-refractivity contribution in [3.63, 3.8) is 0 Å². The monoisotopic (exact) mass is 578 g/mol. The number of aliphatic hydroxyl groups is 5. The number of para-hydroxylation sites is 2. The highest BCUT2D eigenvalue weighted by Crippen LogP contribution is 2.49. The summed E-state index contributed by atoms with van der Waals surface area (Å²) in [5.74, 6) is -1.86. The highest BCUT2D eigenvalue weighted by molar-refractivity contribution is 6.39. The lowest BCUT2D eigenvalue weighted by atomic mass is 9.96. The number of hydrazine groups is 1. The summed E-state index contributed by atoms with van der Waals surface area (Å²) in [5.41, 5.74) is 3.38. The molecule has 14 nitrogen and oxygen atoms in total. The second-order valence-corrected chi connectivity index (χ2v) is 10.4. The number of benzene rings is 3. The number of aromatic hydroxyl groups is 2. The largest absolute Gasteiger partial charge is 0.506 e. The van der Waals surface area contributed by atoms with Crippen LogP contribution in [0, 0.1) is 0 Å². The number of carbonyl (C=O) groups is 2. The van der Waals surface area contributed by atoms with Gasteiger partial charge in [0.2, 0.25) is 0 Å². The number of aromatic amines is 1. The third-order valence-electron chi connectivity index (χ3n) is 8.14. The maximum Gasteiger partial charge on any atom is 0.276 e. The van der Waals surface area contributed by atoms with Crippen LogP contribution in [-0.4, -0.2) is 106 Å². The first-order valence-corrected chi connectivity index (χ1v) is 13.2. The maximum atomic E-state index is 13.9. The minimum absolute atomic E-state index is 0.0148. The molecule has 0 radical (unpaired) electrons. The average molecular weight is 579 g/mol. The summed E-state index contributed by atoms with van der Waals surface area (Å²) in [5, 5.41) is 75.3. The fraction of sp³-hybridized carbons (Fsp3) is 0.286. The van der Waals surface area contributed by atoms with E-state index in [0.717, 1.165) is 5.01 Å². The number of phenols is 2. The summed E-state index contributed by atoms with van der Waals surface area (Å²) in [4.78, 5) is 30.8. The Balaban J connectivity index is 1.69. The molecule has 3 aromatic carbocycles. The number of aliphatic hydroxyl groups excluding tert-OH is 5. The van der Waals surface area contributed by atoms with Gasteiger partial charge in [0.1, 0.15) is 35.9 Å². The minimum Gasteiger partial charge on any atom is -0.506 e. The molecule has 0 unspecified atom stereocenters. The van der Waals surface area contributed by atoms with Gasteiger partial charge in [-0.05, 0) is 12.1 Å². The van der Waals surface area contributed by atoms with Crippen LogP contribution in [0.2, 0.25) is 0 Å². The number of rotatable bonds is 5. The van der Waals surface area contributed by atoms with Gasteiger partial charge in [0, 0.05) is 28.1 Å². The van der Waals surface area contributed by atoms with Crippen molar-refractivity contribution in [3.05, 3.63) is 47.5 Å². The van der Waals surface area contributed by atoms with Crippen LogP contribution in [0.15, 0.2) is 36.4 Å². The summed E-state index contributed by atoms with van der Waals surface area (Å²) in [6, 6.07) is 9.18. The summed E-state index contributed by atoms with van der Waals surface area (Å²) >= 11 is 0. The second-order valence-electron chi connectivity index (χ2n) is 10.4. The Labute approximate surface area is 235 Å². The number of nitrogens with zero attached hydrogens (tertiary/aromatic N) is 2. The summed E-state index contributed by atoms with van der Waals surface area (Å²) < 4.78 is 7.27. The first-order chi connectivity index (χ1) is 20.2. The van der Waals surface area contributed by atoms with Gasteiger partial charge in [0.25, 0.3) is 11.8 Å². The predicted molar refractivity (Wildman–Crippen MR) is 147 cm³/mol. The number of fused-ring (bicyclic) bond motifs is 10. The fourth-order valence-corrected chi connectivity index (χ4v) is 6.33. The zero-order valence-corrected chi connectivity index (χ0v) is 21.7. The molecule has 5 aromatic rings. The van der Waals surface area contributed by atoms with Crippen molar-refractivity contribution in [3.8, 4) is 11.5 Å². The molecule has 5 atom stereocenters. The molecule has 0 saturated carbocycles. The van der Waals surface area contributed by atoms with Crippen LogP contribution in [0.1, 0.15) is 26.9 Å². The van der Waals surface area contributed by atoms with Crippen LogP contribution in [0.3, 0.4) is 0 Å². The van der Waals surface area contributed by atoms with Gasteiger partial charge in [-0.2, -0.15) is 0 Å². The van der Waals surface area contributed by atoms with Crippen LogP contribution >= 0.6 is 0 Å². The van der Waals surface area contributed by atoms with Crippen molar-refractivity contribution in [1.29, 1.82) is 0 Å². The summed E-state index contributed by atoms with van der Waals surface area (Å²) in [6.07, 6.45) is -7.95. The molecule has 4 heterocycles. The van der Waals surface area contributed by atoms with E-state index in [1.165, 1.54) is 22.8 Å². The number of H-pyrrole nitrogens is 1. The minimum atomic E-state index is -1.76. The van der Waals surface area contributed by atoms with Gasteiger partial charge < -0.3 is 50.0 Å². The van der Waals surface area contributed by atoms with E-state index in [1.54, 1.807) is 18.2 Å². The summed E-state index contributed by atoms with van der Waals surface area (Å²) in [6.45, 7) is -1.16. The molecular formula is C28H26N4O10. The molecule has 42 heavy (non-hydrogen) atoms. The van der Waals surface area contributed by atoms with Crippen LogP contribution in [-0.2, 0) is 4.74 Å². The van der Waals surface area contributed by atoms with E-state index in [0.29, 0.717) is 10.8 Å². The number of nitrogens with one attached hydrogen (secondary N) is 2. The van der Waals surface area contributed by atoms with Crippen LogP contribution in [0.5, 0.6) is 11.5 Å². The zero-order chi connectivity index (χ0) is 29.6. The molecule has 9 N–H and O–H groups in total. The van der Waals surface area contributed by atoms with Gasteiger partial charge in [-0.25, -0.2) is 10.4 Å². The van der Waals surface area contributed by atoms with Gasteiger partial charge in [-0.15, -0.1) is 0 Å². The van der Waals surface area contributed by atoms with Gasteiger partial charge in [-0.1, -0.05) is 24.3 Å². The van der Waals surface area contributed by atoms with E-state index in [1.807, 2.05) is 0 Å². The van der Waals surface area contributed by atoms with Crippen molar-refractivity contribution < 1.29 is 50.1 Å². The van der Waals surface area contributed by atoms with E-state index in [2.05, 4.69) is 10.4 Å². The van der Waals surface area contributed by atoms with E-state index in [-0.39, 0.29) is 68.6 Å². The lowest BCUT2D eigenvalue weighted by Crippen LogP contribution is -2.56. The molecule has 218 valence electrons. The highest BCUT2D eigenvalue weighted by atomic mass is 16.6. The second kappa shape index (κ2) is 9.37. The molecule has 0 aliphatic carbocycles. The number of hydrogen-bond donors (Lipinski definition) is 9. The summed E-state index contributed by atoms with van der Waals surface area (Å²) in [7, 11) is 0. The lowest BCUT2D eigenvalue weighted by Gasteiger charge is -2.41. The van der Waals surface area contributed by atoms with Gasteiger partial charge >= 0.3 is 0 Å². The highest BCUT2D eigenvalue weighted by Gasteiger charge is 2.47. The number of amides is 2. The quantitative estimate of drug-likeness (QED) is 0.125. The number of aromatic nitrogens is 2. The Morgan fingerprint density at radius 3 is 2.17 bits per heavy atom. The van der Waals surface area contributed by atoms with E-state index in [9.17, 15) is 45.3 Å². The normalized spacial score (nSPS) is 24.6. The first kappa shape index (κ1) is 26.6. The fourth-order valence-electron chi connectivity index (χ4n) is 6.33. The molecule has 2 aromatic heterocycles. The van der Waals surface area contributed by atoms with Crippen molar-refractivity contribution in [2.24, 2.45) is 0 Å². The Bertz CT molecular complexity index is 1950. The maximum absolute atomic E-state index is 13.9. The predicted octanol–water partition coefficient (Wildman–Crippen LogP) is -0.0945. The number of phenolic OH excluding ortho intramolecular Hbond substituents is 2.